The summed E-state index contributed by atoms with van der Waals surface area (Å²) in [7, 11) is 0. The molecular formula is C15H17ClFN3. The zero-order valence-electron chi connectivity index (χ0n) is 11.4. The number of aromatic nitrogens is 2. The Morgan fingerprint density at radius 1 is 1.40 bits per heavy atom. The number of benzene rings is 1. The van der Waals surface area contributed by atoms with Crippen LogP contribution in [0.15, 0.2) is 18.2 Å². The summed E-state index contributed by atoms with van der Waals surface area (Å²) in [6, 6.07) is 4.88. The molecule has 106 valence electrons. The fourth-order valence-electron chi connectivity index (χ4n) is 2.54. The van der Waals surface area contributed by atoms with Gasteiger partial charge < -0.3 is 10.3 Å². The van der Waals surface area contributed by atoms with Gasteiger partial charge in [0.25, 0.3) is 0 Å². The van der Waals surface area contributed by atoms with Crippen molar-refractivity contribution in [1.82, 2.24) is 9.55 Å². The highest BCUT2D eigenvalue weighted by atomic mass is 35.5. The minimum absolute atomic E-state index is 0.359. The molecule has 1 fully saturated rings. The zero-order chi connectivity index (χ0) is 14.3. The van der Waals surface area contributed by atoms with Crippen molar-refractivity contribution in [1.29, 1.82) is 0 Å². The van der Waals surface area contributed by atoms with E-state index in [1.807, 2.05) is 0 Å². The number of halogens is 2. The fraction of sp³-hybridized carbons (Fsp3) is 0.400. The number of hydrogen-bond acceptors (Lipinski definition) is 2. The van der Waals surface area contributed by atoms with Crippen LogP contribution in [-0.2, 0) is 6.42 Å². The zero-order valence-corrected chi connectivity index (χ0v) is 12.1. The minimum atomic E-state index is -0.370. The van der Waals surface area contributed by atoms with E-state index in [4.69, 9.17) is 17.3 Å². The number of imidazole rings is 1. The van der Waals surface area contributed by atoms with Gasteiger partial charge in [-0.25, -0.2) is 9.37 Å². The van der Waals surface area contributed by atoms with Crippen molar-refractivity contribution in [3.63, 3.8) is 0 Å². The van der Waals surface area contributed by atoms with E-state index in [0.29, 0.717) is 28.1 Å². The molecule has 1 aliphatic carbocycles. The first kappa shape index (κ1) is 13.4. The molecule has 1 aromatic carbocycles. The fourth-order valence-corrected chi connectivity index (χ4v) is 2.76. The van der Waals surface area contributed by atoms with Crippen LogP contribution in [0.4, 0.5) is 10.2 Å². The maximum absolute atomic E-state index is 13.5. The third-order valence-corrected chi connectivity index (χ3v) is 3.76. The maximum atomic E-state index is 13.5. The molecular weight excluding hydrogens is 277 g/mol. The van der Waals surface area contributed by atoms with Crippen molar-refractivity contribution in [2.45, 2.75) is 38.6 Å². The van der Waals surface area contributed by atoms with Crippen LogP contribution in [0.2, 0.25) is 5.02 Å². The van der Waals surface area contributed by atoms with Gasteiger partial charge in [-0.1, -0.05) is 18.5 Å². The summed E-state index contributed by atoms with van der Waals surface area (Å²) in [5.41, 5.74) is 7.53. The number of anilines is 1. The van der Waals surface area contributed by atoms with E-state index in [-0.39, 0.29) is 5.82 Å². The number of nitrogen functional groups attached to an aromatic ring is 1. The van der Waals surface area contributed by atoms with E-state index in [0.717, 1.165) is 31.5 Å². The van der Waals surface area contributed by atoms with E-state index in [1.54, 1.807) is 6.07 Å². The first-order valence-corrected chi connectivity index (χ1v) is 7.31. The van der Waals surface area contributed by atoms with Crippen LogP contribution in [0.3, 0.4) is 0 Å². The Kier molecular flexibility index (Phi) is 3.42. The molecule has 0 atom stereocenters. The Morgan fingerprint density at radius 2 is 2.15 bits per heavy atom. The lowest BCUT2D eigenvalue weighted by atomic mass is 10.1. The average molecular weight is 294 g/mol. The molecule has 0 aliphatic heterocycles. The first-order chi connectivity index (χ1) is 9.60. The predicted molar refractivity (Wildman–Crippen MR) is 79.3 cm³/mol. The van der Waals surface area contributed by atoms with Crippen LogP contribution in [0.5, 0.6) is 0 Å². The van der Waals surface area contributed by atoms with Crippen molar-refractivity contribution in [3.05, 3.63) is 34.9 Å². The Hall–Kier alpha value is -1.55. The highest BCUT2D eigenvalue weighted by molar-refractivity contribution is 6.30. The van der Waals surface area contributed by atoms with Crippen molar-refractivity contribution in [2.24, 2.45) is 0 Å². The average Bonchev–Trinajstić information content (AvgIpc) is 3.14. The van der Waals surface area contributed by atoms with E-state index in [1.165, 1.54) is 12.1 Å². The molecule has 0 radical (unpaired) electrons. The minimum Gasteiger partial charge on any atom is -0.383 e. The van der Waals surface area contributed by atoms with E-state index >= 15 is 0 Å². The molecule has 3 nitrogen and oxygen atoms in total. The molecule has 1 saturated carbocycles. The summed E-state index contributed by atoms with van der Waals surface area (Å²) in [5, 5.41) is 0.359. The second-order valence-corrected chi connectivity index (χ2v) is 5.71. The van der Waals surface area contributed by atoms with Gasteiger partial charge in [-0.2, -0.15) is 0 Å². The molecule has 0 saturated heterocycles. The van der Waals surface area contributed by atoms with Gasteiger partial charge in [-0.05, 0) is 37.5 Å². The molecule has 2 N–H and O–H groups in total. The van der Waals surface area contributed by atoms with Crippen LogP contribution in [0, 0.1) is 5.82 Å². The number of hydrogen-bond donors (Lipinski definition) is 1. The van der Waals surface area contributed by atoms with E-state index in [2.05, 4.69) is 16.5 Å². The molecule has 0 amide bonds. The molecule has 3 rings (SSSR count). The molecule has 1 heterocycles. The lowest BCUT2D eigenvalue weighted by Crippen LogP contribution is -2.05. The molecule has 0 bridgehead atoms. The van der Waals surface area contributed by atoms with Crippen molar-refractivity contribution < 1.29 is 4.39 Å². The third kappa shape index (κ3) is 2.40. The van der Waals surface area contributed by atoms with Gasteiger partial charge in [-0.3, -0.25) is 0 Å². The van der Waals surface area contributed by atoms with Crippen LogP contribution in [0.1, 0.15) is 38.1 Å². The summed E-state index contributed by atoms with van der Waals surface area (Å²) in [4.78, 5) is 4.63. The van der Waals surface area contributed by atoms with Crippen LogP contribution in [0.25, 0.3) is 11.3 Å². The van der Waals surface area contributed by atoms with Gasteiger partial charge in [-0.15, -0.1) is 0 Å². The van der Waals surface area contributed by atoms with Crippen LogP contribution >= 0.6 is 11.6 Å². The number of rotatable bonds is 4. The molecule has 5 heteroatoms. The van der Waals surface area contributed by atoms with E-state index in [9.17, 15) is 4.39 Å². The van der Waals surface area contributed by atoms with E-state index < -0.39 is 0 Å². The predicted octanol–water partition coefficient (Wildman–Crippen LogP) is 4.21. The molecule has 1 aromatic heterocycles. The standard InChI is InChI=1S/C15H17ClFN3/c1-2-3-13-19-14(15(18)20(13)12-4-5-12)9-6-10(16)8-11(17)7-9/h6-8,12H,2-5,18H2,1H3. The van der Waals surface area contributed by atoms with Gasteiger partial charge in [0.1, 0.15) is 23.2 Å². The van der Waals surface area contributed by atoms with Gasteiger partial charge in [0.2, 0.25) is 0 Å². The molecule has 20 heavy (non-hydrogen) atoms. The Bertz CT molecular complexity index is 627. The number of nitrogens with two attached hydrogens (primary N) is 1. The quantitative estimate of drug-likeness (QED) is 0.917. The van der Waals surface area contributed by atoms with Crippen molar-refractivity contribution >= 4 is 17.4 Å². The maximum Gasteiger partial charge on any atom is 0.131 e. The Labute approximate surface area is 122 Å². The van der Waals surface area contributed by atoms with Gasteiger partial charge in [0.05, 0.1) is 0 Å². The topological polar surface area (TPSA) is 43.8 Å². The number of aryl methyl sites for hydroxylation is 1. The smallest absolute Gasteiger partial charge is 0.131 e. The highest BCUT2D eigenvalue weighted by Crippen LogP contribution is 2.41. The summed E-state index contributed by atoms with van der Waals surface area (Å²) in [6.45, 7) is 2.11. The lowest BCUT2D eigenvalue weighted by Gasteiger charge is -2.07. The molecule has 0 unspecified atom stereocenters. The number of nitrogens with zero attached hydrogens (tertiary/aromatic N) is 2. The van der Waals surface area contributed by atoms with Gasteiger partial charge >= 0.3 is 0 Å². The second-order valence-electron chi connectivity index (χ2n) is 5.27. The summed E-state index contributed by atoms with van der Waals surface area (Å²) >= 11 is 5.92. The SMILES string of the molecule is CCCc1nc(-c2cc(F)cc(Cl)c2)c(N)n1C1CC1. The second kappa shape index (κ2) is 5.09. The first-order valence-electron chi connectivity index (χ1n) is 6.93. The van der Waals surface area contributed by atoms with Crippen LogP contribution < -0.4 is 5.73 Å². The molecule has 1 aliphatic rings. The Balaban J connectivity index is 2.11. The normalized spacial score (nSPS) is 14.8. The molecule has 2 aromatic rings. The Morgan fingerprint density at radius 3 is 2.75 bits per heavy atom. The van der Waals surface area contributed by atoms with Crippen molar-refractivity contribution in [3.8, 4) is 11.3 Å². The monoisotopic (exact) mass is 293 g/mol. The summed E-state index contributed by atoms with van der Waals surface area (Å²) in [6.07, 6.45) is 4.16. The summed E-state index contributed by atoms with van der Waals surface area (Å²) in [5.74, 6) is 1.24. The van der Waals surface area contributed by atoms with Gasteiger partial charge in [0, 0.05) is 23.0 Å². The largest absolute Gasteiger partial charge is 0.383 e. The third-order valence-electron chi connectivity index (χ3n) is 3.54. The lowest BCUT2D eigenvalue weighted by molar-refractivity contribution is 0.628. The summed E-state index contributed by atoms with van der Waals surface area (Å²) < 4.78 is 15.6. The molecule has 0 spiro atoms. The van der Waals surface area contributed by atoms with Crippen LogP contribution in [-0.4, -0.2) is 9.55 Å². The van der Waals surface area contributed by atoms with Gasteiger partial charge in [0.15, 0.2) is 0 Å². The highest BCUT2D eigenvalue weighted by Gasteiger charge is 2.29. The van der Waals surface area contributed by atoms with Crippen molar-refractivity contribution in [2.75, 3.05) is 5.73 Å².